The third-order valence-corrected chi connectivity index (χ3v) is 5.21. The first kappa shape index (κ1) is 17.5. The number of carbonyl (C=O) groups excluding carboxylic acids is 1. The van der Waals surface area contributed by atoms with E-state index in [0.717, 1.165) is 28.3 Å². The molecule has 130 valence electrons. The molecular formula is C20H23N3OS. The van der Waals surface area contributed by atoms with E-state index in [2.05, 4.69) is 48.2 Å². The highest BCUT2D eigenvalue weighted by molar-refractivity contribution is 7.99. The van der Waals surface area contributed by atoms with Crippen LogP contribution in [0.2, 0.25) is 0 Å². The zero-order valence-electron chi connectivity index (χ0n) is 14.8. The first-order valence-corrected chi connectivity index (χ1v) is 9.53. The van der Waals surface area contributed by atoms with E-state index in [1.54, 1.807) is 0 Å². The van der Waals surface area contributed by atoms with Crippen molar-refractivity contribution in [3.8, 4) is 0 Å². The van der Waals surface area contributed by atoms with E-state index in [0.29, 0.717) is 11.7 Å². The molecule has 25 heavy (non-hydrogen) atoms. The highest BCUT2D eigenvalue weighted by Gasteiger charge is 2.12. The van der Waals surface area contributed by atoms with Gasteiger partial charge in [-0.1, -0.05) is 49.9 Å². The third kappa shape index (κ3) is 4.23. The average Bonchev–Trinajstić information content (AvgIpc) is 3.02. The number of aromatic nitrogens is 2. The molecule has 1 aromatic heterocycles. The lowest BCUT2D eigenvalue weighted by Crippen LogP contribution is -2.15. The Labute approximate surface area is 152 Å². The molecule has 1 atom stereocenters. The summed E-state index contributed by atoms with van der Waals surface area (Å²) in [5.41, 5.74) is 5.21. The van der Waals surface area contributed by atoms with Crippen molar-refractivity contribution in [2.45, 2.75) is 38.3 Å². The summed E-state index contributed by atoms with van der Waals surface area (Å²) in [7, 11) is 0. The lowest BCUT2D eigenvalue weighted by atomic mass is 9.97. The fraction of sp³-hybridized carbons (Fsp3) is 0.300. The Bertz CT molecular complexity index is 888. The van der Waals surface area contributed by atoms with Crippen LogP contribution in [0.25, 0.3) is 11.0 Å². The van der Waals surface area contributed by atoms with Gasteiger partial charge in [0.05, 0.1) is 16.8 Å². The number of amides is 1. The van der Waals surface area contributed by atoms with Gasteiger partial charge in [-0.15, -0.1) is 0 Å². The molecule has 0 aliphatic carbocycles. The van der Waals surface area contributed by atoms with Crippen LogP contribution in [-0.2, 0) is 4.79 Å². The summed E-state index contributed by atoms with van der Waals surface area (Å²) in [5.74, 6) is 0.730. The van der Waals surface area contributed by atoms with E-state index in [1.165, 1.54) is 22.9 Å². The highest BCUT2D eigenvalue weighted by Crippen LogP contribution is 2.27. The Morgan fingerprint density at radius 3 is 2.88 bits per heavy atom. The summed E-state index contributed by atoms with van der Waals surface area (Å²) in [4.78, 5) is 20.1. The van der Waals surface area contributed by atoms with Gasteiger partial charge < -0.3 is 10.3 Å². The van der Waals surface area contributed by atoms with E-state index in [4.69, 9.17) is 0 Å². The molecule has 0 aliphatic heterocycles. The van der Waals surface area contributed by atoms with Crippen molar-refractivity contribution < 1.29 is 4.79 Å². The van der Waals surface area contributed by atoms with Crippen LogP contribution >= 0.6 is 11.8 Å². The summed E-state index contributed by atoms with van der Waals surface area (Å²) >= 11 is 1.42. The maximum atomic E-state index is 12.3. The molecule has 2 aromatic carbocycles. The predicted octanol–water partition coefficient (Wildman–Crippen LogP) is 5.12. The third-order valence-electron chi connectivity index (χ3n) is 4.33. The van der Waals surface area contributed by atoms with Gasteiger partial charge in [0.15, 0.2) is 5.16 Å². The molecule has 3 aromatic rings. The number of anilines is 1. The number of hydrogen-bond acceptors (Lipinski definition) is 3. The SMILES string of the molecule is CCC(C)c1ccccc1NC(=O)CSc1nc2ccc(C)cc2[nH]1. The van der Waals surface area contributed by atoms with E-state index in [-0.39, 0.29) is 5.91 Å². The molecule has 0 saturated heterocycles. The number of benzene rings is 2. The Kier molecular flexibility index (Phi) is 5.43. The van der Waals surface area contributed by atoms with Gasteiger partial charge in [-0.05, 0) is 48.6 Å². The zero-order chi connectivity index (χ0) is 17.8. The molecule has 5 heteroatoms. The molecule has 2 N–H and O–H groups in total. The number of imidazole rings is 1. The molecule has 3 rings (SSSR count). The second-order valence-electron chi connectivity index (χ2n) is 6.30. The normalized spacial score (nSPS) is 12.3. The van der Waals surface area contributed by atoms with E-state index < -0.39 is 0 Å². The number of aromatic amines is 1. The summed E-state index contributed by atoms with van der Waals surface area (Å²) in [6, 6.07) is 14.1. The van der Waals surface area contributed by atoms with Crippen LogP contribution in [0.4, 0.5) is 5.69 Å². The number of carbonyl (C=O) groups is 1. The zero-order valence-corrected chi connectivity index (χ0v) is 15.6. The number of rotatable bonds is 6. The van der Waals surface area contributed by atoms with Gasteiger partial charge in [-0.25, -0.2) is 4.98 Å². The quantitative estimate of drug-likeness (QED) is 0.605. The maximum Gasteiger partial charge on any atom is 0.234 e. The summed E-state index contributed by atoms with van der Waals surface area (Å²) in [6.07, 6.45) is 1.04. The van der Waals surface area contributed by atoms with Crippen molar-refractivity contribution in [3.05, 3.63) is 53.6 Å². The second-order valence-corrected chi connectivity index (χ2v) is 7.26. The number of para-hydroxylation sites is 1. The largest absolute Gasteiger partial charge is 0.333 e. The Morgan fingerprint density at radius 2 is 2.08 bits per heavy atom. The van der Waals surface area contributed by atoms with Crippen LogP contribution in [0.3, 0.4) is 0 Å². The first-order chi connectivity index (χ1) is 12.1. The molecule has 1 amide bonds. The molecule has 0 aliphatic rings. The minimum absolute atomic E-state index is 0.0163. The van der Waals surface area contributed by atoms with Crippen molar-refractivity contribution in [3.63, 3.8) is 0 Å². The number of hydrogen-bond donors (Lipinski definition) is 2. The lowest BCUT2D eigenvalue weighted by molar-refractivity contribution is -0.113. The van der Waals surface area contributed by atoms with Crippen molar-refractivity contribution in [2.75, 3.05) is 11.1 Å². The fourth-order valence-corrected chi connectivity index (χ4v) is 3.43. The standard InChI is InChI=1S/C20H23N3OS/c1-4-14(3)15-7-5-6-8-16(15)21-19(24)12-25-20-22-17-10-9-13(2)11-18(17)23-20/h5-11,14H,4,12H2,1-3H3,(H,21,24)(H,22,23). The van der Waals surface area contributed by atoms with Gasteiger partial charge in [-0.3, -0.25) is 4.79 Å². The Hall–Kier alpha value is -2.27. The van der Waals surface area contributed by atoms with Gasteiger partial charge >= 0.3 is 0 Å². The number of aryl methyl sites for hydroxylation is 1. The van der Waals surface area contributed by atoms with Crippen LogP contribution in [0.1, 0.15) is 37.3 Å². The first-order valence-electron chi connectivity index (χ1n) is 8.54. The van der Waals surface area contributed by atoms with Gasteiger partial charge in [0.25, 0.3) is 0 Å². The molecule has 0 spiro atoms. The van der Waals surface area contributed by atoms with Crippen LogP contribution in [0.5, 0.6) is 0 Å². The van der Waals surface area contributed by atoms with Gasteiger partial charge in [-0.2, -0.15) is 0 Å². The monoisotopic (exact) mass is 353 g/mol. The van der Waals surface area contributed by atoms with Crippen molar-refractivity contribution in [1.82, 2.24) is 9.97 Å². The number of thioether (sulfide) groups is 1. The van der Waals surface area contributed by atoms with Crippen molar-refractivity contribution in [1.29, 1.82) is 0 Å². The molecule has 0 saturated carbocycles. The maximum absolute atomic E-state index is 12.3. The Morgan fingerprint density at radius 1 is 1.28 bits per heavy atom. The molecule has 0 fully saturated rings. The molecular weight excluding hydrogens is 330 g/mol. The van der Waals surface area contributed by atoms with Gasteiger partial charge in [0, 0.05) is 5.69 Å². The van der Waals surface area contributed by atoms with Crippen LogP contribution in [0.15, 0.2) is 47.6 Å². The van der Waals surface area contributed by atoms with Crippen molar-refractivity contribution >= 4 is 34.4 Å². The number of fused-ring (bicyclic) bond motifs is 1. The van der Waals surface area contributed by atoms with E-state index in [1.807, 2.05) is 30.3 Å². The van der Waals surface area contributed by atoms with E-state index >= 15 is 0 Å². The van der Waals surface area contributed by atoms with Crippen LogP contribution in [0, 0.1) is 6.92 Å². The molecule has 0 radical (unpaired) electrons. The number of nitrogens with one attached hydrogen (secondary N) is 2. The van der Waals surface area contributed by atoms with Crippen LogP contribution < -0.4 is 5.32 Å². The van der Waals surface area contributed by atoms with Crippen LogP contribution in [-0.4, -0.2) is 21.6 Å². The fourth-order valence-electron chi connectivity index (χ4n) is 2.75. The second kappa shape index (κ2) is 7.74. The molecule has 4 nitrogen and oxygen atoms in total. The van der Waals surface area contributed by atoms with Gasteiger partial charge in [0.1, 0.15) is 0 Å². The number of H-pyrrole nitrogens is 1. The van der Waals surface area contributed by atoms with E-state index in [9.17, 15) is 4.79 Å². The summed E-state index contributed by atoms with van der Waals surface area (Å²) in [6.45, 7) is 6.38. The Balaban J connectivity index is 1.65. The predicted molar refractivity (Wildman–Crippen MR) is 105 cm³/mol. The minimum Gasteiger partial charge on any atom is -0.333 e. The number of nitrogens with zero attached hydrogens (tertiary/aromatic N) is 1. The topological polar surface area (TPSA) is 57.8 Å². The molecule has 1 heterocycles. The lowest BCUT2D eigenvalue weighted by Gasteiger charge is -2.15. The minimum atomic E-state index is -0.0163. The van der Waals surface area contributed by atoms with Crippen molar-refractivity contribution in [2.24, 2.45) is 0 Å². The highest BCUT2D eigenvalue weighted by atomic mass is 32.2. The average molecular weight is 353 g/mol. The summed E-state index contributed by atoms with van der Waals surface area (Å²) < 4.78 is 0. The molecule has 0 bridgehead atoms. The summed E-state index contributed by atoms with van der Waals surface area (Å²) in [5, 5.41) is 3.81. The molecule has 1 unspecified atom stereocenters. The van der Waals surface area contributed by atoms with Gasteiger partial charge in [0.2, 0.25) is 5.91 Å². The smallest absolute Gasteiger partial charge is 0.234 e.